The molecule has 2 atom stereocenters. The number of aromatic nitrogens is 4. The molecule has 0 spiro atoms. The number of aryl methyl sites for hydroxylation is 2. The molecular weight excluding hydrogens is 418 g/mol. The Hall–Kier alpha value is -3.77. The zero-order valence-corrected chi connectivity index (χ0v) is 18.7. The number of hydrogen-bond donors (Lipinski definition) is 1. The maximum Gasteiger partial charge on any atom is 0.316 e. The zero-order valence-electron chi connectivity index (χ0n) is 18.7. The Kier molecular flexibility index (Phi) is 5.30. The molecule has 0 saturated carbocycles. The van der Waals surface area contributed by atoms with Crippen molar-refractivity contribution in [3.8, 4) is 6.57 Å². The monoisotopic (exact) mass is 444 g/mol. The lowest BCUT2D eigenvalue weighted by atomic mass is 10.1. The summed E-state index contributed by atoms with van der Waals surface area (Å²) >= 11 is 0. The number of carbonyl (C=O) groups excluding carboxylic acids is 1. The van der Waals surface area contributed by atoms with E-state index in [1.807, 2.05) is 43.1 Å². The highest BCUT2D eigenvalue weighted by Crippen LogP contribution is 2.29. The van der Waals surface area contributed by atoms with Crippen molar-refractivity contribution in [2.24, 2.45) is 0 Å². The minimum absolute atomic E-state index is 0.130. The summed E-state index contributed by atoms with van der Waals surface area (Å²) in [6, 6.07) is 7.03. The SMILES string of the molecule is C#[N+][C@@H]1CN(c2nc3cc(C4=CCCCN4C(=O)c4cccc(C)n4)nn3cc2C)C[C@@H]1O. The molecule has 168 valence electrons. The van der Waals surface area contributed by atoms with Crippen LogP contribution >= 0.6 is 0 Å². The molecule has 0 aromatic carbocycles. The molecule has 5 rings (SSSR count). The molecule has 2 aliphatic heterocycles. The van der Waals surface area contributed by atoms with Gasteiger partial charge in [0.2, 0.25) is 0 Å². The number of fused-ring (bicyclic) bond motifs is 1. The summed E-state index contributed by atoms with van der Waals surface area (Å²) in [7, 11) is 0. The third-order valence-electron chi connectivity index (χ3n) is 6.18. The van der Waals surface area contributed by atoms with Crippen LogP contribution in [0.25, 0.3) is 16.2 Å². The highest BCUT2D eigenvalue weighted by molar-refractivity contribution is 5.98. The fraction of sp³-hybridized carbons (Fsp3) is 0.375. The number of rotatable bonds is 3. The average molecular weight is 445 g/mol. The molecule has 1 fully saturated rings. The fourth-order valence-electron chi connectivity index (χ4n) is 4.51. The van der Waals surface area contributed by atoms with E-state index in [9.17, 15) is 9.90 Å². The van der Waals surface area contributed by atoms with Crippen molar-refractivity contribution in [2.45, 2.75) is 38.8 Å². The lowest BCUT2D eigenvalue weighted by molar-refractivity contribution is 0.0823. The summed E-state index contributed by atoms with van der Waals surface area (Å²) in [5, 5.41) is 14.9. The van der Waals surface area contributed by atoms with E-state index in [1.165, 1.54) is 0 Å². The van der Waals surface area contributed by atoms with E-state index in [-0.39, 0.29) is 11.9 Å². The van der Waals surface area contributed by atoms with E-state index in [4.69, 9.17) is 16.7 Å². The van der Waals surface area contributed by atoms with Crippen LogP contribution in [-0.2, 0) is 0 Å². The van der Waals surface area contributed by atoms with Gasteiger partial charge in [-0.15, -0.1) is 0 Å². The summed E-state index contributed by atoms with van der Waals surface area (Å²) in [5.41, 5.74) is 4.29. The van der Waals surface area contributed by atoms with E-state index in [0.717, 1.165) is 35.6 Å². The van der Waals surface area contributed by atoms with Gasteiger partial charge < -0.3 is 14.9 Å². The quantitative estimate of drug-likeness (QED) is 0.668. The Morgan fingerprint density at radius 2 is 2.09 bits per heavy atom. The fourth-order valence-corrected chi connectivity index (χ4v) is 4.51. The van der Waals surface area contributed by atoms with Crippen molar-refractivity contribution in [3.05, 3.63) is 64.0 Å². The van der Waals surface area contributed by atoms with Crippen molar-refractivity contribution in [1.29, 1.82) is 0 Å². The van der Waals surface area contributed by atoms with Crippen molar-refractivity contribution in [2.75, 3.05) is 24.5 Å². The minimum atomic E-state index is -0.616. The number of allylic oxidation sites excluding steroid dienone is 1. The molecule has 2 aliphatic rings. The standard InChI is InChI=1S/C24H26N7O2/c1-15-12-31-22(27-23(15)29-13-19(25-3)21(32)14-29)11-18(28-31)20-9-4-5-10-30(20)24(33)17-8-6-7-16(2)26-17/h3,6-9,11-12,19,21,32H,4-5,10,13-14H2,1-2H3/q+1/t19-,21+/m1/s1. The highest BCUT2D eigenvalue weighted by Gasteiger charge is 2.39. The summed E-state index contributed by atoms with van der Waals surface area (Å²) in [4.78, 5) is 30.0. The van der Waals surface area contributed by atoms with Crippen molar-refractivity contribution < 1.29 is 9.90 Å². The van der Waals surface area contributed by atoms with Crippen molar-refractivity contribution in [1.82, 2.24) is 24.5 Å². The number of hydrogen-bond acceptors (Lipinski definition) is 6. The number of β-amino-alcohol motifs (C(OH)–C–C–N with tert-alkyl or cyclic N) is 1. The molecule has 0 unspecified atom stereocenters. The minimum Gasteiger partial charge on any atom is -0.383 e. The molecule has 0 aliphatic carbocycles. The normalized spacial score (nSPS) is 20.7. The molecule has 3 aromatic rings. The van der Waals surface area contributed by atoms with Crippen molar-refractivity contribution in [3.63, 3.8) is 0 Å². The molecule has 1 N–H and O–H groups in total. The van der Waals surface area contributed by atoms with Crippen LogP contribution in [0.1, 0.15) is 40.3 Å². The first-order valence-electron chi connectivity index (χ1n) is 11.1. The number of anilines is 1. The van der Waals surface area contributed by atoms with Gasteiger partial charge in [0.25, 0.3) is 12.5 Å². The second-order valence-corrected chi connectivity index (χ2v) is 8.62. The number of aliphatic hydroxyl groups is 1. The van der Waals surface area contributed by atoms with Crippen LogP contribution in [0.5, 0.6) is 0 Å². The summed E-state index contributed by atoms with van der Waals surface area (Å²) < 4.78 is 1.73. The van der Waals surface area contributed by atoms with Gasteiger partial charge in [0.1, 0.15) is 23.8 Å². The molecule has 9 heteroatoms. The predicted molar refractivity (Wildman–Crippen MR) is 125 cm³/mol. The molecule has 33 heavy (non-hydrogen) atoms. The molecule has 3 aromatic heterocycles. The van der Waals surface area contributed by atoms with Crippen LogP contribution in [0.2, 0.25) is 0 Å². The first-order chi connectivity index (χ1) is 15.9. The van der Waals surface area contributed by atoms with Gasteiger partial charge in [-0.3, -0.25) is 4.79 Å². The number of nitrogens with zero attached hydrogens (tertiary/aromatic N) is 7. The average Bonchev–Trinajstić information content (AvgIpc) is 3.40. The van der Waals surface area contributed by atoms with E-state index < -0.39 is 6.10 Å². The van der Waals surface area contributed by atoms with Crippen molar-refractivity contribution >= 4 is 23.1 Å². The molecular formula is C24H26N7O2+. The summed E-state index contributed by atoms with van der Waals surface area (Å²) in [5.74, 6) is 0.642. The first kappa shape index (κ1) is 21.1. The number of pyridine rings is 1. The van der Waals surface area contributed by atoms with Gasteiger partial charge in [0, 0.05) is 30.1 Å². The summed E-state index contributed by atoms with van der Waals surface area (Å²) in [6.45, 7) is 10.8. The van der Waals surface area contributed by atoms with Gasteiger partial charge in [-0.25, -0.2) is 14.5 Å². The summed E-state index contributed by atoms with van der Waals surface area (Å²) in [6.07, 6.45) is 5.12. The molecule has 0 radical (unpaired) electrons. The van der Waals surface area contributed by atoms with Crippen LogP contribution in [-0.4, -0.2) is 67.3 Å². The third-order valence-corrected chi connectivity index (χ3v) is 6.18. The number of aliphatic hydroxyl groups excluding tert-OH is 1. The van der Waals surface area contributed by atoms with E-state index in [0.29, 0.717) is 36.7 Å². The Labute approximate surface area is 191 Å². The lowest BCUT2D eigenvalue weighted by Crippen LogP contribution is -2.33. The smallest absolute Gasteiger partial charge is 0.316 e. The van der Waals surface area contributed by atoms with Gasteiger partial charge in [-0.2, -0.15) is 5.10 Å². The predicted octanol–water partition coefficient (Wildman–Crippen LogP) is 2.53. The molecule has 5 heterocycles. The highest BCUT2D eigenvalue weighted by atomic mass is 16.3. The molecule has 1 saturated heterocycles. The largest absolute Gasteiger partial charge is 0.383 e. The van der Waals surface area contributed by atoms with Crippen LogP contribution in [0.3, 0.4) is 0 Å². The Balaban J connectivity index is 1.48. The number of amides is 1. The Morgan fingerprint density at radius 1 is 1.24 bits per heavy atom. The molecule has 1 amide bonds. The Morgan fingerprint density at radius 3 is 2.85 bits per heavy atom. The van der Waals surface area contributed by atoms with E-state index >= 15 is 0 Å². The maximum absolute atomic E-state index is 13.2. The zero-order chi connectivity index (χ0) is 23.1. The first-order valence-corrected chi connectivity index (χ1v) is 11.1. The molecule has 0 bridgehead atoms. The molecule has 9 nitrogen and oxygen atoms in total. The maximum atomic E-state index is 13.2. The second kappa shape index (κ2) is 8.30. The van der Waals surface area contributed by atoms with Gasteiger partial charge in [-0.05, 0) is 38.8 Å². The lowest BCUT2D eigenvalue weighted by Gasteiger charge is -2.27. The van der Waals surface area contributed by atoms with E-state index in [2.05, 4.69) is 15.9 Å². The van der Waals surface area contributed by atoms with Gasteiger partial charge >= 0.3 is 6.04 Å². The second-order valence-electron chi connectivity index (χ2n) is 8.62. The van der Waals surface area contributed by atoms with Crippen LogP contribution in [0.15, 0.2) is 36.5 Å². The van der Waals surface area contributed by atoms with E-state index in [1.54, 1.807) is 15.5 Å². The van der Waals surface area contributed by atoms with Crippen LogP contribution in [0, 0.1) is 20.4 Å². The van der Waals surface area contributed by atoms with Crippen LogP contribution < -0.4 is 4.90 Å². The van der Waals surface area contributed by atoms with Gasteiger partial charge in [-0.1, -0.05) is 17.0 Å². The van der Waals surface area contributed by atoms with Crippen LogP contribution in [0.4, 0.5) is 5.82 Å². The third kappa shape index (κ3) is 3.83. The Bertz CT molecular complexity index is 1310. The topological polar surface area (TPSA) is 91.2 Å². The van der Waals surface area contributed by atoms with Gasteiger partial charge in [0.05, 0.1) is 12.2 Å². The number of carbonyl (C=O) groups is 1. The van der Waals surface area contributed by atoms with Gasteiger partial charge in [0.15, 0.2) is 11.8 Å².